The van der Waals surface area contributed by atoms with Gasteiger partial charge in [0, 0.05) is 30.7 Å². The van der Waals surface area contributed by atoms with Gasteiger partial charge in [-0.25, -0.2) is 4.98 Å². The Morgan fingerprint density at radius 1 is 1.32 bits per heavy atom. The maximum Gasteiger partial charge on any atom is 0.449 e. The molecule has 0 saturated carbocycles. The van der Waals surface area contributed by atoms with Crippen molar-refractivity contribution in [2.75, 3.05) is 6.54 Å². The summed E-state index contributed by atoms with van der Waals surface area (Å²) in [6, 6.07) is 0. The number of halogens is 3. The van der Waals surface area contributed by atoms with Gasteiger partial charge < -0.3 is 9.88 Å². The van der Waals surface area contributed by atoms with E-state index in [-0.39, 0.29) is 0 Å². The third kappa shape index (κ3) is 2.63. The van der Waals surface area contributed by atoms with E-state index in [0.29, 0.717) is 31.6 Å². The molecule has 0 atom stereocenters. The van der Waals surface area contributed by atoms with Gasteiger partial charge in [0.25, 0.3) is 0 Å². The SMILES string of the molecule is CCCC(C)(C)n1c(C(F)(F)F)nc2c1CCNC2. The quantitative estimate of drug-likeness (QED) is 0.918. The first-order valence-corrected chi connectivity index (χ1v) is 6.66. The molecular weight excluding hydrogens is 255 g/mol. The van der Waals surface area contributed by atoms with E-state index in [2.05, 4.69) is 10.3 Å². The Hall–Kier alpha value is -1.04. The van der Waals surface area contributed by atoms with Gasteiger partial charge in [-0.15, -0.1) is 0 Å². The first-order chi connectivity index (χ1) is 8.77. The lowest BCUT2D eigenvalue weighted by Gasteiger charge is -2.31. The minimum absolute atomic E-state index is 0.424. The summed E-state index contributed by atoms with van der Waals surface area (Å²) in [6.45, 7) is 6.83. The Labute approximate surface area is 111 Å². The van der Waals surface area contributed by atoms with Gasteiger partial charge in [0.1, 0.15) is 0 Å². The zero-order chi connectivity index (χ0) is 14.3. The van der Waals surface area contributed by atoms with Crippen LogP contribution in [0.2, 0.25) is 0 Å². The van der Waals surface area contributed by atoms with Crippen molar-refractivity contribution in [1.29, 1.82) is 0 Å². The monoisotopic (exact) mass is 275 g/mol. The average Bonchev–Trinajstić information content (AvgIpc) is 2.68. The summed E-state index contributed by atoms with van der Waals surface area (Å²) in [5.74, 6) is -0.750. The Balaban J connectivity index is 2.58. The predicted octanol–water partition coefficient (Wildman–Crippen LogP) is 3.08. The van der Waals surface area contributed by atoms with Crippen LogP contribution in [0.3, 0.4) is 0 Å². The van der Waals surface area contributed by atoms with Crippen LogP contribution in [0, 0.1) is 0 Å². The Morgan fingerprint density at radius 3 is 2.58 bits per heavy atom. The number of alkyl halides is 3. The van der Waals surface area contributed by atoms with Gasteiger partial charge in [0.15, 0.2) is 0 Å². The molecule has 0 amide bonds. The van der Waals surface area contributed by atoms with E-state index >= 15 is 0 Å². The first kappa shape index (κ1) is 14.4. The number of imidazole rings is 1. The molecule has 2 heterocycles. The Morgan fingerprint density at radius 2 is 2.00 bits per heavy atom. The molecule has 0 bridgehead atoms. The number of nitrogens with zero attached hydrogens (tertiary/aromatic N) is 2. The van der Waals surface area contributed by atoms with Gasteiger partial charge in [0.2, 0.25) is 5.82 Å². The van der Waals surface area contributed by atoms with E-state index in [1.165, 1.54) is 4.57 Å². The third-order valence-electron chi connectivity index (χ3n) is 3.61. The van der Waals surface area contributed by atoms with Crippen molar-refractivity contribution in [2.45, 2.75) is 58.3 Å². The highest BCUT2D eigenvalue weighted by Crippen LogP contribution is 2.36. The van der Waals surface area contributed by atoms with Crippen molar-refractivity contribution in [3.05, 3.63) is 17.2 Å². The lowest BCUT2D eigenvalue weighted by Crippen LogP contribution is -2.34. The summed E-state index contributed by atoms with van der Waals surface area (Å²) >= 11 is 0. The molecule has 0 spiro atoms. The molecule has 0 radical (unpaired) electrons. The van der Waals surface area contributed by atoms with E-state index in [9.17, 15) is 13.2 Å². The Kier molecular flexibility index (Phi) is 3.64. The molecule has 3 nitrogen and oxygen atoms in total. The average molecular weight is 275 g/mol. The van der Waals surface area contributed by atoms with Crippen LogP contribution in [0.1, 0.15) is 50.8 Å². The molecule has 0 unspecified atom stereocenters. The van der Waals surface area contributed by atoms with Crippen LogP contribution in [0.4, 0.5) is 13.2 Å². The van der Waals surface area contributed by atoms with Crippen molar-refractivity contribution >= 4 is 0 Å². The molecule has 1 aromatic rings. The van der Waals surface area contributed by atoms with Crippen molar-refractivity contribution in [3.63, 3.8) is 0 Å². The molecule has 1 N–H and O–H groups in total. The van der Waals surface area contributed by atoms with Crippen molar-refractivity contribution in [1.82, 2.24) is 14.9 Å². The smallest absolute Gasteiger partial charge is 0.319 e. The van der Waals surface area contributed by atoms with E-state index < -0.39 is 17.5 Å². The summed E-state index contributed by atoms with van der Waals surface area (Å²) in [6.07, 6.45) is -2.25. The van der Waals surface area contributed by atoms with E-state index in [1.807, 2.05) is 20.8 Å². The number of rotatable bonds is 3. The highest BCUT2D eigenvalue weighted by Gasteiger charge is 2.42. The molecule has 108 valence electrons. The maximum atomic E-state index is 13.2. The van der Waals surface area contributed by atoms with Gasteiger partial charge in [-0.2, -0.15) is 13.2 Å². The number of hydrogen-bond donors (Lipinski definition) is 1. The third-order valence-corrected chi connectivity index (χ3v) is 3.61. The molecule has 2 rings (SSSR count). The van der Waals surface area contributed by atoms with Crippen LogP contribution >= 0.6 is 0 Å². The number of nitrogens with one attached hydrogen (secondary N) is 1. The standard InChI is InChI=1S/C13H20F3N3/c1-4-6-12(2,3)19-10-5-7-17-8-9(10)18-11(19)13(14,15)16/h17H,4-8H2,1-3H3. The number of hydrogen-bond acceptors (Lipinski definition) is 2. The molecular formula is C13H20F3N3. The van der Waals surface area contributed by atoms with Crippen LogP contribution in [0.5, 0.6) is 0 Å². The largest absolute Gasteiger partial charge is 0.449 e. The molecule has 1 aliphatic rings. The number of fused-ring (bicyclic) bond motifs is 1. The lowest BCUT2D eigenvalue weighted by atomic mass is 9.97. The Bertz CT molecular complexity index is 460. The van der Waals surface area contributed by atoms with Gasteiger partial charge in [0.05, 0.1) is 5.69 Å². The maximum absolute atomic E-state index is 13.2. The van der Waals surface area contributed by atoms with Gasteiger partial charge in [-0.1, -0.05) is 13.3 Å². The van der Waals surface area contributed by atoms with Crippen molar-refractivity contribution < 1.29 is 13.2 Å². The fourth-order valence-electron chi connectivity index (χ4n) is 2.88. The fraction of sp³-hybridized carbons (Fsp3) is 0.769. The number of aromatic nitrogens is 2. The highest BCUT2D eigenvalue weighted by molar-refractivity contribution is 5.23. The van der Waals surface area contributed by atoms with E-state index in [1.54, 1.807) is 0 Å². The van der Waals surface area contributed by atoms with Gasteiger partial charge in [-0.05, 0) is 20.3 Å². The first-order valence-electron chi connectivity index (χ1n) is 6.66. The van der Waals surface area contributed by atoms with Crippen LogP contribution in [0.15, 0.2) is 0 Å². The second kappa shape index (κ2) is 4.81. The normalized spacial score (nSPS) is 16.5. The van der Waals surface area contributed by atoms with Crippen LogP contribution in [-0.4, -0.2) is 16.1 Å². The topological polar surface area (TPSA) is 29.9 Å². The molecule has 0 aliphatic carbocycles. The fourth-order valence-corrected chi connectivity index (χ4v) is 2.88. The molecule has 0 aromatic carbocycles. The summed E-state index contributed by atoms with van der Waals surface area (Å²) in [5, 5.41) is 3.07. The summed E-state index contributed by atoms with van der Waals surface area (Å²) in [5.41, 5.74) is 0.727. The van der Waals surface area contributed by atoms with E-state index in [0.717, 1.165) is 12.1 Å². The molecule has 1 aliphatic heterocycles. The summed E-state index contributed by atoms with van der Waals surface area (Å²) in [4.78, 5) is 3.85. The zero-order valence-electron chi connectivity index (χ0n) is 11.6. The van der Waals surface area contributed by atoms with Gasteiger partial charge >= 0.3 is 6.18 Å². The zero-order valence-corrected chi connectivity index (χ0v) is 11.6. The second-order valence-corrected chi connectivity index (χ2v) is 5.65. The molecule has 6 heteroatoms. The van der Waals surface area contributed by atoms with Crippen molar-refractivity contribution in [2.24, 2.45) is 0 Å². The lowest BCUT2D eigenvalue weighted by molar-refractivity contribution is -0.149. The van der Waals surface area contributed by atoms with Crippen LogP contribution < -0.4 is 5.32 Å². The second-order valence-electron chi connectivity index (χ2n) is 5.65. The molecule has 0 fully saturated rings. The minimum Gasteiger partial charge on any atom is -0.319 e. The molecule has 1 aromatic heterocycles. The summed E-state index contributed by atoms with van der Waals surface area (Å²) in [7, 11) is 0. The van der Waals surface area contributed by atoms with Gasteiger partial charge in [-0.3, -0.25) is 0 Å². The molecule has 19 heavy (non-hydrogen) atoms. The predicted molar refractivity (Wildman–Crippen MR) is 66.9 cm³/mol. The van der Waals surface area contributed by atoms with E-state index in [4.69, 9.17) is 0 Å². The van der Waals surface area contributed by atoms with Crippen molar-refractivity contribution in [3.8, 4) is 0 Å². The summed E-state index contributed by atoms with van der Waals surface area (Å²) < 4.78 is 41.0. The highest BCUT2D eigenvalue weighted by atomic mass is 19.4. The van der Waals surface area contributed by atoms with Crippen LogP contribution in [-0.2, 0) is 24.7 Å². The van der Waals surface area contributed by atoms with Crippen LogP contribution in [0.25, 0.3) is 0 Å². The molecule has 0 saturated heterocycles. The minimum atomic E-state index is -4.40.